The summed E-state index contributed by atoms with van der Waals surface area (Å²) in [5.41, 5.74) is 0.459. The second-order valence-corrected chi connectivity index (χ2v) is 9.40. The first-order valence-electron chi connectivity index (χ1n) is 10.1. The largest absolute Gasteiger partial charge is 0.351 e. The van der Waals surface area contributed by atoms with Crippen molar-refractivity contribution in [1.82, 2.24) is 15.1 Å². The monoisotopic (exact) mass is 417 g/mol. The Balaban J connectivity index is 1.27. The molecule has 0 unspecified atom stereocenters. The molecule has 1 N–H and O–H groups in total. The zero-order valence-electron chi connectivity index (χ0n) is 16.1. The second kappa shape index (κ2) is 8.76. The van der Waals surface area contributed by atoms with Gasteiger partial charge in [0.05, 0.1) is 5.41 Å². The zero-order chi connectivity index (χ0) is 19.4. The van der Waals surface area contributed by atoms with Crippen molar-refractivity contribution in [2.45, 2.75) is 31.1 Å². The van der Waals surface area contributed by atoms with Crippen LogP contribution in [0.1, 0.15) is 40.9 Å². The van der Waals surface area contributed by atoms with Gasteiger partial charge in [0.25, 0.3) is 5.91 Å². The SMILES string of the molecule is O=C(NCCN1CCN(C(=O)C2(c3cccs3)CCCC2)CC1)c1ccsc1. The molecular formula is C21H27N3O2S2. The molecular weight excluding hydrogens is 390 g/mol. The molecule has 150 valence electrons. The number of nitrogens with one attached hydrogen (secondary N) is 1. The third-order valence-electron chi connectivity index (χ3n) is 6.02. The fourth-order valence-corrected chi connectivity index (χ4v) is 6.01. The van der Waals surface area contributed by atoms with Crippen LogP contribution in [0.15, 0.2) is 34.3 Å². The van der Waals surface area contributed by atoms with Crippen molar-refractivity contribution in [1.29, 1.82) is 0 Å². The molecule has 1 aliphatic carbocycles. The Morgan fingerprint density at radius 3 is 2.50 bits per heavy atom. The van der Waals surface area contributed by atoms with Gasteiger partial charge in [-0.2, -0.15) is 11.3 Å². The van der Waals surface area contributed by atoms with E-state index >= 15 is 0 Å². The Kier molecular flexibility index (Phi) is 6.13. The van der Waals surface area contributed by atoms with E-state index in [9.17, 15) is 9.59 Å². The molecule has 0 atom stereocenters. The topological polar surface area (TPSA) is 52.7 Å². The standard InChI is InChI=1S/C21H27N3O2S2/c25-19(17-5-15-27-16-17)22-8-9-23-10-12-24(13-11-23)20(26)21(6-1-2-7-21)18-4-3-14-28-18/h3-5,14-16H,1-2,6-13H2,(H,22,25). The van der Waals surface area contributed by atoms with Gasteiger partial charge in [0.1, 0.15) is 0 Å². The van der Waals surface area contributed by atoms with Crippen LogP contribution < -0.4 is 5.32 Å². The summed E-state index contributed by atoms with van der Waals surface area (Å²) in [6.07, 6.45) is 4.27. The molecule has 0 aromatic carbocycles. The minimum absolute atomic E-state index is 0.00538. The van der Waals surface area contributed by atoms with E-state index in [1.54, 1.807) is 11.3 Å². The molecule has 2 aromatic rings. The smallest absolute Gasteiger partial charge is 0.252 e. The Bertz CT molecular complexity index is 775. The normalized spacial score (nSPS) is 19.6. The van der Waals surface area contributed by atoms with Gasteiger partial charge in [0, 0.05) is 55.1 Å². The van der Waals surface area contributed by atoms with Crippen LogP contribution in [0.25, 0.3) is 0 Å². The molecule has 2 amide bonds. The first kappa shape index (κ1) is 19.6. The van der Waals surface area contributed by atoms with Gasteiger partial charge in [-0.15, -0.1) is 11.3 Å². The summed E-state index contributed by atoms with van der Waals surface area (Å²) < 4.78 is 0. The van der Waals surface area contributed by atoms with E-state index in [1.165, 1.54) is 16.2 Å². The maximum absolute atomic E-state index is 13.4. The number of amides is 2. The third kappa shape index (κ3) is 4.02. The Morgan fingerprint density at radius 2 is 1.86 bits per heavy atom. The summed E-state index contributed by atoms with van der Waals surface area (Å²) in [4.78, 5) is 31.1. The second-order valence-electron chi connectivity index (χ2n) is 7.67. The van der Waals surface area contributed by atoms with Crippen molar-refractivity contribution in [2.24, 2.45) is 0 Å². The van der Waals surface area contributed by atoms with E-state index in [2.05, 4.69) is 32.6 Å². The molecule has 0 spiro atoms. The van der Waals surface area contributed by atoms with Gasteiger partial charge in [-0.25, -0.2) is 0 Å². The van der Waals surface area contributed by atoms with Crippen molar-refractivity contribution in [3.8, 4) is 0 Å². The quantitative estimate of drug-likeness (QED) is 0.785. The predicted octanol–water partition coefficient (Wildman–Crippen LogP) is 3.20. The first-order chi connectivity index (χ1) is 13.7. The number of piperazine rings is 1. The average Bonchev–Trinajstić information content (AvgIpc) is 3.50. The van der Waals surface area contributed by atoms with E-state index in [4.69, 9.17) is 0 Å². The highest BCUT2D eigenvalue weighted by molar-refractivity contribution is 7.10. The molecule has 1 aliphatic heterocycles. The van der Waals surface area contributed by atoms with Crippen LogP contribution in [-0.4, -0.2) is 60.9 Å². The zero-order valence-corrected chi connectivity index (χ0v) is 17.7. The fourth-order valence-electron chi connectivity index (χ4n) is 4.40. The fraction of sp³-hybridized carbons (Fsp3) is 0.524. The van der Waals surface area contributed by atoms with Gasteiger partial charge in [-0.05, 0) is 35.7 Å². The summed E-state index contributed by atoms with van der Waals surface area (Å²) in [7, 11) is 0. The van der Waals surface area contributed by atoms with Crippen molar-refractivity contribution >= 4 is 34.5 Å². The molecule has 1 saturated heterocycles. The molecule has 0 bridgehead atoms. The summed E-state index contributed by atoms with van der Waals surface area (Å²) in [5.74, 6) is 0.326. The van der Waals surface area contributed by atoms with Crippen LogP contribution in [0.3, 0.4) is 0 Å². The molecule has 28 heavy (non-hydrogen) atoms. The minimum Gasteiger partial charge on any atom is -0.351 e. The van der Waals surface area contributed by atoms with Crippen LogP contribution in [0, 0.1) is 0 Å². The lowest BCUT2D eigenvalue weighted by molar-refractivity contribution is -0.139. The Hall–Kier alpha value is -1.70. The molecule has 2 aromatic heterocycles. The van der Waals surface area contributed by atoms with Crippen LogP contribution in [-0.2, 0) is 10.2 Å². The first-order valence-corrected chi connectivity index (χ1v) is 11.9. The number of rotatable bonds is 6. The lowest BCUT2D eigenvalue weighted by Gasteiger charge is -2.39. The van der Waals surface area contributed by atoms with Crippen LogP contribution in [0.2, 0.25) is 0 Å². The molecule has 5 nitrogen and oxygen atoms in total. The van der Waals surface area contributed by atoms with E-state index in [0.717, 1.165) is 64.0 Å². The van der Waals surface area contributed by atoms with Gasteiger partial charge >= 0.3 is 0 Å². The minimum atomic E-state index is -0.273. The third-order valence-corrected chi connectivity index (χ3v) is 7.77. The van der Waals surface area contributed by atoms with Crippen molar-refractivity contribution in [3.05, 3.63) is 44.8 Å². The highest BCUT2D eigenvalue weighted by Gasteiger charge is 2.46. The van der Waals surface area contributed by atoms with E-state index in [-0.39, 0.29) is 11.3 Å². The number of thiophene rings is 2. The maximum atomic E-state index is 13.4. The lowest BCUT2D eigenvalue weighted by atomic mass is 9.82. The number of carbonyl (C=O) groups excluding carboxylic acids is 2. The van der Waals surface area contributed by atoms with Gasteiger partial charge in [0.15, 0.2) is 0 Å². The molecule has 3 heterocycles. The predicted molar refractivity (Wildman–Crippen MR) is 114 cm³/mol. The van der Waals surface area contributed by atoms with Crippen molar-refractivity contribution in [2.75, 3.05) is 39.3 Å². The van der Waals surface area contributed by atoms with E-state index < -0.39 is 0 Å². The summed E-state index contributed by atoms with van der Waals surface area (Å²) >= 11 is 3.26. The van der Waals surface area contributed by atoms with Crippen LogP contribution in [0.5, 0.6) is 0 Å². The van der Waals surface area contributed by atoms with E-state index in [1.807, 2.05) is 16.8 Å². The van der Waals surface area contributed by atoms with Gasteiger partial charge < -0.3 is 10.2 Å². The number of nitrogens with zero attached hydrogens (tertiary/aromatic N) is 2. The van der Waals surface area contributed by atoms with Gasteiger partial charge in [-0.3, -0.25) is 14.5 Å². The van der Waals surface area contributed by atoms with Crippen LogP contribution in [0.4, 0.5) is 0 Å². The molecule has 2 aliphatic rings. The molecule has 1 saturated carbocycles. The lowest BCUT2D eigenvalue weighted by Crippen LogP contribution is -2.54. The number of hydrogen-bond donors (Lipinski definition) is 1. The van der Waals surface area contributed by atoms with Gasteiger partial charge in [-0.1, -0.05) is 18.9 Å². The van der Waals surface area contributed by atoms with Gasteiger partial charge in [0.2, 0.25) is 5.91 Å². The Morgan fingerprint density at radius 1 is 1.07 bits per heavy atom. The highest BCUT2D eigenvalue weighted by atomic mass is 32.1. The maximum Gasteiger partial charge on any atom is 0.252 e. The summed E-state index contributed by atoms with van der Waals surface area (Å²) in [5, 5.41) is 8.85. The van der Waals surface area contributed by atoms with Crippen molar-refractivity contribution < 1.29 is 9.59 Å². The summed E-state index contributed by atoms with van der Waals surface area (Å²) in [6, 6.07) is 6.05. The average molecular weight is 418 g/mol. The summed E-state index contributed by atoms with van der Waals surface area (Å²) in [6.45, 7) is 4.78. The molecule has 0 radical (unpaired) electrons. The highest BCUT2D eigenvalue weighted by Crippen LogP contribution is 2.44. The Labute approximate surface area is 174 Å². The van der Waals surface area contributed by atoms with Crippen LogP contribution >= 0.6 is 22.7 Å². The molecule has 4 rings (SSSR count). The van der Waals surface area contributed by atoms with Crippen molar-refractivity contribution in [3.63, 3.8) is 0 Å². The molecule has 7 heteroatoms. The van der Waals surface area contributed by atoms with E-state index in [0.29, 0.717) is 12.5 Å². The molecule has 2 fully saturated rings. The number of hydrogen-bond acceptors (Lipinski definition) is 5. The number of carbonyl (C=O) groups is 2.